The van der Waals surface area contributed by atoms with Gasteiger partial charge in [-0.25, -0.2) is 4.79 Å². The van der Waals surface area contributed by atoms with Gasteiger partial charge in [-0.05, 0) is 18.2 Å². The SMILES string of the molecule is Nc1[nH]ncc1C(=O)Oc1cccc(Br)c1. The second kappa shape index (κ2) is 4.36. The topological polar surface area (TPSA) is 81.0 Å². The summed E-state index contributed by atoms with van der Waals surface area (Å²) in [5, 5.41) is 6.11. The summed E-state index contributed by atoms with van der Waals surface area (Å²) in [4.78, 5) is 11.6. The number of aromatic amines is 1. The minimum absolute atomic E-state index is 0.194. The van der Waals surface area contributed by atoms with Crippen molar-refractivity contribution in [3.05, 3.63) is 40.5 Å². The van der Waals surface area contributed by atoms with Crippen molar-refractivity contribution >= 4 is 27.7 Å². The number of aromatic nitrogens is 2. The fraction of sp³-hybridized carbons (Fsp3) is 0. The first kappa shape index (κ1) is 10.7. The molecule has 6 heteroatoms. The number of halogens is 1. The molecule has 0 aliphatic rings. The number of hydrogen-bond acceptors (Lipinski definition) is 4. The van der Waals surface area contributed by atoms with Gasteiger partial charge in [0.15, 0.2) is 0 Å². The Morgan fingerprint density at radius 2 is 2.31 bits per heavy atom. The number of ether oxygens (including phenoxy) is 1. The first-order chi connectivity index (χ1) is 7.66. The highest BCUT2D eigenvalue weighted by Gasteiger charge is 2.13. The standard InChI is InChI=1S/C10H8BrN3O2/c11-6-2-1-3-7(4-6)16-10(15)8-5-13-14-9(8)12/h1-5H,(H3,12,13,14). The number of nitrogens with one attached hydrogen (secondary N) is 1. The number of hydrogen-bond donors (Lipinski definition) is 2. The van der Waals surface area contributed by atoms with Crippen LogP contribution in [0.2, 0.25) is 0 Å². The molecule has 0 aliphatic carbocycles. The molecule has 0 atom stereocenters. The van der Waals surface area contributed by atoms with E-state index in [1.807, 2.05) is 6.07 Å². The van der Waals surface area contributed by atoms with E-state index in [2.05, 4.69) is 26.1 Å². The summed E-state index contributed by atoms with van der Waals surface area (Å²) in [6, 6.07) is 6.97. The summed E-state index contributed by atoms with van der Waals surface area (Å²) in [5.41, 5.74) is 5.72. The fourth-order valence-corrected chi connectivity index (χ4v) is 1.53. The predicted molar refractivity (Wildman–Crippen MR) is 62.1 cm³/mol. The molecule has 0 spiro atoms. The van der Waals surface area contributed by atoms with Crippen molar-refractivity contribution < 1.29 is 9.53 Å². The zero-order valence-corrected chi connectivity index (χ0v) is 9.69. The van der Waals surface area contributed by atoms with Crippen LogP contribution in [-0.4, -0.2) is 16.2 Å². The summed E-state index contributed by atoms with van der Waals surface area (Å²) in [7, 11) is 0. The molecule has 1 aromatic heterocycles. The van der Waals surface area contributed by atoms with Crippen LogP contribution in [-0.2, 0) is 0 Å². The predicted octanol–water partition coefficient (Wildman–Crippen LogP) is 1.97. The van der Waals surface area contributed by atoms with Crippen LogP contribution in [0, 0.1) is 0 Å². The largest absolute Gasteiger partial charge is 0.423 e. The van der Waals surface area contributed by atoms with Gasteiger partial charge in [0.05, 0.1) is 6.20 Å². The third-order valence-electron chi connectivity index (χ3n) is 1.90. The highest BCUT2D eigenvalue weighted by atomic mass is 79.9. The van der Waals surface area contributed by atoms with Crippen molar-refractivity contribution in [2.45, 2.75) is 0 Å². The Kier molecular flexibility index (Phi) is 2.91. The summed E-state index contributed by atoms with van der Waals surface area (Å²) in [5.74, 6) is 0.101. The molecule has 0 unspecified atom stereocenters. The highest BCUT2D eigenvalue weighted by molar-refractivity contribution is 9.10. The lowest BCUT2D eigenvalue weighted by atomic mass is 10.3. The molecule has 0 aliphatic heterocycles. The van der Waals surface area contributed by atoms with E-state index in [1.165, 1.54) is 6.20 Å². The van der Waals surface area contributed by atoms with Gasteiger partial charge in [-0.1, -0.05) is 22.0 Å². The van der Waals surface area contributed by atoms with Gasteiger partial charge in [0.25, 0.3) is 0 Å². The van der Waals surface area contributed by atoms with Crippen LogP contribution in [0.25, 0.3) is 0 Å². The Hall–Kier alpha value is -1.82. The van der Waals surface area contributed by atoms with E-state index in [1.54, 1.807) is 18.2 Å². The molecular weight excluding hydrogens is 274 g/mol. The zero-order valence-electron chi connectivity index (χ0n) is 8.11. The van der Waals surface area contributed by atoms with E-state index in [4.69, 9.17) is 10.5 Å². The number of esters is 1. The summed E-state index contributed by atoms with van der Waals surface area (Å²) >= 11 is 3.28. The number of benzene rings is 1. The van der Waals surface area contributed by atoms with E-state index < -0.39 is 5.97 Å². The summed E-state index contributed by atoms with van der Waals surface area (Å²) in [6.45, 7) is 0. The minimum Gasteiger partial charge on any atom is -0.423 e. The van der Waals surface area contributed by atoms with E-state index >= 15 is 0 Å². The molecule has 2 rings (SSSR count). The maximum absolute atomic E-state index is 11.6. The van der Waals surface area contributed by atoms with Crippen LogP contribution in [0.4, 0.5) is 5.82 Å². The van der Waals surface area contributed by atoms with Crippen LogP contribution >= 0.6 is 15.9 Å². The molecule has 0 bridgehead atoms. The van der Waals surface area contributed by atoms with Crippen molar-refractivity contribution in [3.8, 4) is 5.75 Å². The molecule has 16 heavy (non-hydrogen) atoms. The summed E-state index contributed by atoms with van der Waals surface area (Å²) < 4.78 is 5.94. The number of rotatable bonds is 2. The average molecular weight is 282 g/mol. The van der Waals surface area contributed by atoms with Crippen molar-refractivity contribution in [2.24, 2.45) is 0 Å². The number of nitrogens with two attached hydrogens (primary N) is 1. The minimum atomic E-state index is -0.538. The van der Waals surface area contributed by atoms with Gasteiger partial charge in [0, 0.05) is 4.47 Å². The van der Waals surface area contributed by atoms with Crippen molar-refractivity contribution in [2.75, 3.05) is 5.73 Å². The first-order valence-corrected chi connectivity index (χ1v) is 5.22. The van der Waals surface area contributed by atoms with Gasteiger partial charge >= 0.3 is 5.97 Å². The second-order valence-electron chi connectivity index (χ2n) is 3.04. The zero-order chi connectivity index (χ0) is 11.5. The molecule has 0 radical (unpaired) electrons. The van der Waals surface area contributed by atoms with Crippen LogP contribution in [0.1, 0.15) is 10.4 Å². The Morgan fingerprint density at radius 3 is 2.94 bits per heavy atom. The molecule has 0 amide bonds. The smallest absolute Gasteiger partial charge is 0.348 e. The number of nitrogens with zero attached hydrogens (tertiary/aromatic N) is 1. The fourth-order valence-electron chi connectivity index (χ4n) is 1.15. The van der Waals surface area contributed by atoms with Crippen molar-refractivity contribution in [1.29, 1.82) is 0 Å². The van der Waals surface area contributed by atoms with Gasteiger partial charge < -0.3 is 10.5 Å². The number of H-pyrrole nitrogens is 1. The van der Waals surface area contributed by atoms with Gasteiger partial charge in [0.1, 0.15) is 17.1 Å². The Balaban J connectivity index is 2.17. The highest BCUT2D eigenvalue weighted by Crippen LogP contribution is 2.19. The second-order valence-corrected chi connectivity index (χ2v) is 3.96. The quantitative estimate of drug-likeness (QED) is 0.651. The molecular formula is C10H8BrN3O2. The van der Waals surface area contributed by atoms with E-state index in [9.17, 15) is 4.79 Å². The number of carbonyl (C=O) groups is 1. The van der Waals surface area contributed by atoms with Crippen molar-refractivity contribution in [3.63, 3.8) is 0 Å². The number of carbonyl (C=O) groups excluding carboxylic acids is 1. The van der Waals surface area contributed by atoms with Gasteiger partial charge in [-0.15, -0.1) is 0 Å². The molecule has 0 saturated heterocycles. The van der Waals surface area contributed by atoms with Crippen LogP contribution in [0.5, 0.6) is 5.75 Å². The molecule has 2 aromatic rings. The van der Waals surface area contributed by atoms with E-state index in [0.717, 1.165) is 4.47 Å². The third kappa shape index (κ3) is 2.22. The normalized spacial score (nSPS) is 10.1. The maximum atomic E-state index is 11.6. The molecule has 82 valence electrons. The summed E-state index contributed by atoms with van der Waals surface area (Å²) in [6.07, 6.45) is 1.33. The third-order valence-corrected chi connectivity index (χ3v) is 2.39. The lowest BCUT2D eigenvalue weighted by molar-refractivity contribution is 0.0736. The number of anilines is 1. The first-order valence-electron chi connectivity index (χ1n) is 4.43. The van der Waals surface area contributed by atoms with E-state index in [0.29, 0.717) is 5.75 Å². The molecule has 1 aromatic carbocycles. The molecule has 1 heterocycles. The molecule has 3 N–H and O–H groups in total. The maximum Gasteiger partial charge on any atom is 0.348 e. The average Bonchev–Trinajstić information content (AvgIpc) is 2.64. The Labute approximate surface area is 99.7 Å². The monoisotopic (exact) mass is 281 g/mol. The molecule has 0 saturated carbocycles. The van der Waals surface area contributed by atoms with Crippen molar-refractivity contribution in [1.82, 2.24) is 10.2 Å². The lowest BCUT2D eigenvalue weighted by Crippen LogP contribution is -2.09. The van der Waals surface area contributed by atoms with Crippen LogP contribution in [0.15, 0.2) is 34.9 Å². The Morgan fingerprint density at radius 1 is 1.50 bits per heavy atom. The molecule has 0 fully saturated rings. The van der Waals surface area contributed by atoms with Crippen LogP contribution < -0.4 is 10.5 Å². The Bertz CT molecular complexity index is 524. The van der Waals surface area contributed by atoms with Gasteiger partial charge in [-0.3, -0.25) is 5.10 Å². The number of nitrogen functional groups attached to an aromatic ring is 1. The van der Waals surface area contributed by atoms with E-state index in [-0.39, 0.29) is 11.4 Å². The van der Waals surface area contributed by atoms with Crippen LogP contribution in [0.3, 0.4) is 0 Å². The van der Waals surface area contributed by atoms with Gasteiger partial charge in [0.2, 0.25) is 0 Å². The lowest BCUT2D eigenvalue weighted by Gasteiger charge is -2.03. The van der Waals surface area contributed by atoms with Gasteiger partial charge in [-0.2, -0.15) is 5.10 Å². The molecule has 5 nitrogen and oxygen atoms in total.